The molecule has 0 bridgehead atoms. The van der Waals surface area contributed by atoms with E-state index in [2.05, 4.69) is 91.6 Å². The number of halogens is 1. The van der Waals surface area contributed by atoms with Gasteiger partial charge in [0.25, 0.3) is 0 Å². The van der Waals surface area contributed by atoms with Crippen molar-refractivity contribution in [3.05, 3.63) is 76.4 Å². The third-order valence-corrected chi connectivity index (χ3v) is 6.22. The molecule has 1 fully saturated rings. The van der Waals surface area contributed by atoms with Gasteiger partial charge in [0.05, 0.1) is 5.52 Å². The number of nitrogens with one attached hydrogen (secondary N) is 1. The summed E-state index contributed by atoms with van der Waals surface area (Å²) in [6, 6.07) is 19.8. The SMILES string of the molecule is CN1CCN(CCNCc2ccnc3c(Br)cccc23)C(c2ccccc2)C1. The molecule has 0 spiro atoms. The predicted octanol–water partition coefficient (Wildman–Crippen LogP) is 4.08. The number of aromatic nitrogens is 1. The van der Waals surface area contributed by atoms with Gasteiger partial charge < -0.3 is 10.2 Å². The first-order valence-electron chi connectivity index (χ1n) is 9.93. The van der Waals surface area contributed by atoms with E-state index in [1.165, 1.54) is 16.5 Å². The van der Waals surface area contributed by atoms with Crippen molar-refractivity contribution in [3.63, 3.8) is 0 Å². The Morgan fingerprint density at radius 2 is 1.93 bits per heavy atom. The van der Waals surface area contributed by atoms with Crippen LogP contribution in [0.4, 0.5) is 0 Å². The van der Waals surface area contributed by atoms with Gasteiger partial charge in [-0.3, -0.25) is 9.88 Å². The second kappa shape index (κ2) is 9.14. The summed E-state index contributed by atoms with van der Waals surface area (Å²) in [5, 5.41) is 4.86. The standard InChI is InChI=1S/C23H27BrN4/c1-27-14-15-28(22(17-27)18-6-3-2-4-7-18)13-12-25-16-19-10-11-26-23-20(19)8-5-9-21(23)24/h2-11,22,25H,12-17H2,1H3. The minimum absolute atomic E-state index is 0.472. The van der Waals surface area contributed by atoms with Crippen LogP contribution < -0.4 is 5.32 Å². The zero-order chi connectivity index (χ0) is 19.3. The number of piperazine rings is 1. The molecule has 1 aliphatic rings. The third kappa shape index (κ3) is 4.44. The van der Waals surface area contributed by atoms with Crippen LogP contribution in [-0.4, -0.2) is 54.6 Å². The average molecular weight is 439 g/mol. The molecule has 1 N–H and O–H groups in total. The zero-order valence-electron chi connectivity index (χ0n) is 16.3. The maximum Gasteiger partial charge on any atom is 0.0847 e. The molecule has 1 aromatic heterocycles. The Balaban J connectivity index is 1.38. The highest BCUT2D eigenvalue weighted by Crippen LogP contribution is 2.25. The fraction of sp³-hybridized carbons (Fsp3) is 0.348. The molecular formula is C23H27BrN4. The van der Waals surface area contributed by atoms with Crippen LogP contribution in [0.3, 0.4) is 0 Å². The van der Waals surface area contributed by atoms with Gasteiger partial charge in [-0.25, -0.2) is 0 Å². The summed E-state index contributed by atoms with van der Waals surface area (Å²) >= 11 is 3.60. The Morgan fingerprint density at radius 3 is 2.79 bits per heavy atom. The van der Waals surface area contributed by atoms with E-state index in [4.69, 9.17) is 0 Å². The van der Waals surface area contributed by atoms with Gasteiger partial charge in [0.1, 0.15) is 0 Å². The summed E-state index contributed by atoms with van der Waals surface area (Å²) in [7, 11) is 2.22. The van der Waals surface area contributed by atoms with Gasteiger partial charge in [-0.15, -0.1) is 0 Å². The van der Waals surface area contributed by atoms with Crippen molar-refractivity contribution in [1.82, 2.24) is 20.1 Å². The van der Waals surface area contributed by atoms with Crippen molar-refractivity contribution < 1.29 is 0 Å². The number of hydrogen-bond donors (Lipinski definition) is 1. The Kier molecular flexibility index (Phi) is 6.37. The van der Waals surface area contributed by atoms with Crippen molar-refractivity contribution in [2.45, 2.75) is 12.6 Å². The number of nitrogens with zero attached hydrogens (tertiary/aromatic N) is 3. The smallest absolute Gasteiger partial charge is 0.0847 e. The van der Waals surface area contributed by atoms with Crippen LogP contribution in [0.25, 0.3) is 10.9 Å². The minimum Gasteiger partial charge on any atom is -0.311 e. The lowest BCUT2D eigenvalue weighted by atomic mass is 10.0. The maximum absolute atomic E-state index is 4.51. The molecule has 1 unspecified atom stereocenters. The first kappa shape index (κ1) is 19.5. The van der Waals surface area contributed by atoms with Crippen LogP contribution in [0, 0.1) is 0 Å². The molecule has 0 aliphatic carbocycles. The lowest BCUT2D eigenvalue weighted by molar-refractivity contribution is 0.0906. The normalized spacial score (nSPS) is 18.6. The Bertz CT molecular complexity index is 915. The Morgan fingerprint density at radius 1 is 1.07 bits per heavy atom. The second-order valence-electron chi connectivity index (χ2n) is 7.51. The van der Waals surface area contributed by atoms with Crippen LogP contribution in [0.2, 0.25) is 0 Å². The highest BCUT2D eigenvalue weighted by Gasteiger charge is 2.25. The molecule has 0 radical (unpaired) electrons. The van der Waals surface area contributed by atoms with Crippen molar-refractivity contribution >= 4 is 26.8 Å². The van der Waals surface area contributed by atoms with Gasteiger partial charge in [0.2, 0.25) is 0 Å². The average Bonchev–Trinajstić information content (AvgIpc) is 2.73. The largest absolute Gasteiger partial charge is 0.311 e. The summed E-state index contributed by atoms with van der Waals surface area (Å²) in [6.07, 6.45) is 1.90. The predicted molar refractivity (Wildman–Crippen MR) is 119 cm³/mol. The summed E-state index contributed by atoms with van der Waals surface area (Å²) in [5.41, 5.74) is 3.74. The summed E-state index contributed by atoms with van der Waals surface area (Å²) < 4.78 is 1.05. The molecule has 0 amide bonds. The van der Waals surface area contributed by atoms with Crippen LogP contribution >= 0.6 is 15.9 Å². The number of benzene rings is 2. The first-order valence-corrected chi connectivity index (χ1v) is 10.7. The van der Waals surface area contributed by atoms with E-state index in [1.54, 1.807) is 0 Å². The first-order chi connectivity index (χ1) is 13.7. The van der Waals surface area contributed by atoms with E-state index in [9.17, 15) is 0 Å². The van der Waals surface area contributed by atoms with Crippen molar-refractivity contribution in [2.24, 2.45) is 0 Å². The van der Waals surface area contributed by atoms with E-state index in [0.717, 1.165) is 49.3 Å². The molecule has 1 aliphatic heterocycles. The van der Waals surface area contributed by atoms with Crippen molar-refractivity contribution in [1.29, 1.82) is 0 Å². The van der Waals surface area contributed by atoms with E-state index in [1.807, 2.05) is 12.3 Å². The number of rotatable bonds is 6. The fourth-order valence-corrected chi connectivity index (χ4v) is 4.48. The number of para-hydroxylation sites is 1. The topological polar surface area (TPSA) is 31.4 Å². The molecule has 2 heterocycles. The van der Waals surface area contributed by atoms with E-state index in [0.29, 0.717) is 6.04 Å². The van der Waals surface area contributed by atoms with Gasteiger partial charge in [-0.2, -0.15) is 0 Å². The van der Waals surface area contributed by atoms with Gasteiger partial charge in [0.15, 0.2) is 0 Å². The number of pyridine rings is 1. The Labute approximate surface area is 175 Å². The number of hydrogen-bond acceptors (Lipinski definition) is 4. The zero-order valence-corrected chi connectivity index (χ0v) is 17.9. The molecule has 3 aromatic rings. The molecule has 146 valence electrons. The molecule has 2 aromatic carbocycles. The van der Waals surface area contributed by atoms with Crippen molar-refractivity contribution in [3.8, 4) is 0 Å². The lowest BCUT2D eigenvalue weighted by Gasteiger charge is -2.40. The highest BCUT2D eigenvalue weighted by molar-refractivity contribution is 9.10. The third-order valence-electron chi connectivity index (χ3n) is 5.58. The summed E-state index contributed by atoms with van der Waals surface area (Å²) in [4.78, 5) is 9.55. The van der Waals surface area contributed by atoms with E-state index < -0.39 is 0 Å². The van der Waals surface area contributed by atoms with Gasteiger partial charge in [-0.1, -0.05) is 42.5 Å². The molecular weight excluding hydrogens is 412 g/mol. The Hall–Kier alpha value is -1.79. The van der Waals surface area contributed by atoms with Crippen molar-refractivity contribution in [2.75, 3.05) is 39.8 Å². The minimum atomic E-state index is 0.472. The van der Waals surface area contributed by atoms with Gasteiger partial charge in [-0.05, 0) is 46.2 Å². The second-order valence-corrected chi connectivity index (χ2v) is 8.36. The van der Waals surface area contributed by atoms with E-state index in [-0.39, 0.29) is 0 Å². The molecule has 1 atom stereocenters. The summed E-state index contributed by atoms with van der Waals surface area (Å²) in [6.45, 7) is 6.23. The quantitative estimate of drug-likeness (QED) is 0.587. The van der Waals surface area contributed by atoms with Gasteiger partial charge in [0, 0.05) is 61.4 Å². The van der Waals surface area contributed by atoms with Crippen LogP contribution in [-0.2, 0) is 6.54 Å². The molecule has 1 saturated heterocycles. The molecule has 5 heteroatoms. The molecule has 4 nitrogen and oxygen atoms in total. The number of fused-ring (bicyclic) bond motifs is 1. The maximum atomic E-state index is 4.51. The number of likely N-dealkylation sites (N-methyl/N-ethyl adjacent to an activating group) is 1. The van der Waals surface area contributed by atoms with Crippen LogP contribution in [0.1, 0.15) is 17.2 Å². The van der Waals surface area contributed by atoms with Crippen LogP contribution in [0.15, 0.2) is 65.3 Å². The molecule has 4 rings (SSSR count). The van der Waals surface area contributed by atoms with Gasteiger partial charge >= 0.3 is 0 Å². The molecule has 28 heavy (non-hydrogen) atoms. The van der Waals surface area contributed by atoms with Crippen LogP contribution in [0.5, 0.6) is 0 Å². The lowest BCUT2D eigenvalue weighted by Crippen LogP contribution is -2.48. The monoisotopic (exact) mass is 438 g/mol. The highest BCUT2D eigenvalue weighted by atomic mass is 79.9. The summed E-state index contributed by atoms with van der Waals surface area (Å²) in [5.74, 6) is 0. The fourth-order valence-electron chi connectivity index (χ4n) is 4.01. The molecule has 0 saturated carbocycles. The van der Waals surface area contributed by atoms with E-state index >= 15 is 0 Å².